The number of fused-ring (bicyclic) bond motifs is 2. The van der Waals surface area contributed by atoms with E-state index in [1.165, 1.54) is 0 Å². The smallest absolute Gasteiger partial charge is 0.274 e. The van der Waals surface area contributed by atoms with Gasteiger partial charge >= 0.3 is 0 Å². The molecule has 8 heteroatoms. The van der Waals surface area contributed by atoms with Gasteiger partial charge < -0.3 is 9.47 Å². The lowest BCUT2D eigenvalue weighted by molar-refractivity contribution is -0.130. The molecule has 0 aromatic heterocycles. The fourth-order valence-electron chi connectivity index (χ4n) is 4.63. The lowest BCUT2D eigenvalue weighted by atomic mass is 9.90. The third kappa shape index (κ3) is 4.24. The largest absolute Gasteiger partial charge is 0.486 e. The molecule has 0 radical (unpaired) electrons. The van der Waals surface area contributed by atoms with Gasteiger partial charge in [-0.2, -0.15) is 0 Å². The average Bonchev–Trinajstić information content (AvgIpc) is 3.07. The normalized spacial score (nSPS) is 19.0. The predicted molar refractivity (Wildman–Crippen MR) is 120 cm³/mol. The Labute approximate surface area is 188 Å². The standard InChI is InChI=1S/C24H27NO6S/c1-15-11-17(12-21-23(15)20(26)13-24(2,3)31-21)30-14-22(27)25(32(4,28)29)19-10-9-16-7-5-6-8-18(16)19/h5-8,11-12,19H,9-10,13-14H2,1-4H3. The Morgan fingerprint density at radius 3 is 2.69 bits per heavy atom. The van der Waals surface area contributed by atoms with Crippen LogP contribution < -0.4 is 9.47 Å². The monoisotopic (exact) mass is 457 g/mol. The number of nitrogens with zero attached hydrogens (tertiary/aromatic N) is 1. The van der Waals surface area contributed by atoms with E-state index < -0.39 is 34.2 Å². The van der Waals surface area contributed by atoms with E-state index in [1.807, 2.05) is 38.1 Å². The average molecular weight is 458 g/mol. The molecule has 2 aromatic rings. The zero-order chi connectivity index (χ0) is 23.3. The fourth-order valence-corrected chi connectivity index (χ4v) is 5.73. The van der Waals surface area contributed by atoms with Crippen molar-refractivity contribution in [2.24, 2.45) is 0 Å². The van der Waals surface area contributed by atoms with E-state index in [-0.39, 0.29) is 12.2 Å². The molecule has 0 saturated heterocycles. The number of benzene rings is 2. The maximum absolute atomic E-state index is 13.0. The molecule has 2 aromatic carbocycles. The minimum absolute atomic E-state index is 0.000438. The van der Waals surface area contributed by atoms with Crippen LogP contribution in [-0.4, -0.2) is 42.9 Å². The van der Waals surface area contributed by atoms with Crippen LogP contribution in [0.2, 0.25) is 0 Å². The highest BCUT2D eigenvalue weighted by molar-refractivity contribution is 7.88. The fraction of sp³-hybridized carbons (Fsp3) is 0.417. The predicted octanol–water partition coefficient (Wildman–Crippen LogP) is 3.59. The van der Waals surface area contributed by atoms with Crippen LogP contribution in [0.1, 0.15) is 59.8 Å². The van der Waals surface area contributed by atoms with E-state index in [2.05, 4.69) is 0 Å². The van der Waals surface area contributed by atoms with Crippen molar-refractivity contribution in [2.45, 2.75) is 51.7 Å². The van der Waals surface area contributed by atoms with Gasteiger partial charge in [-0.15, -0.1) is 0 Å². The van der Waals surface area contributed by atoms with Gasteiger partial charge in [0, 0.05) is 6.07 Å². The number of amides is 1. The molecular formula is C24H27NO6S. The van der Waals surface area contributed by atoms with Gasteiger partial charge in [-0.1, -0.05) is 24.3 Å². The first-order chi connectivity index (χ1) is 15.0. The Hall–Kier alpha value is -2.87. The van der Waals surface area contributed by atoms with Crippen LogP contribution in [0.5, 0.6) is 11.5 Å². The summed E-state index contributed by atoms with van der Waals surface area (Å²) >= 11 is 0. The number of hydrogen-bond donors (Lipinski definition) is 0. The molecule has 4 rings (SSSR count). The van der Waals surface area contributed by atoms with Crippen molar-refractivity contribution in [3.05, 3.63) is 58.7 Å². The molecule has 0 saturated carbocycles. The van der Waals surface area contributed by atoms with E-state index in [1.54, 1.807) is 19.1 Å². The zero-order valence-corrected chi connectivity index (χ0v) is 19.5. The number of carbonyl (C=O) groups excluding carboxylic acids is 2. The maximum Gasteiger partial charge on any atom is 0.274 e. The Kier molecular flexibility index (Phi) is 5.53. The summed E-state index contributed by atoms with van der Waals surface area (Å²) in [6.07, 6.45) is 2.58. The molecule has 1 aliphatic carbocycles. The second kappa shape index (κ2) is 7.92. The molecule has 1 aliphatic heterocycles. The Balaban J connectivity index is 1.56. The van der Waals surface area contributed by atoms with Crippen molar-refractivity contribution in [1.29, 1.82) is 0 Å². The molecule has 1 amide bonds. The van der Waals surface area contributed by atoms with Crippen LogP contribution in [-0.2, 0) is 21.2 Å². The minimum atomic E-state index is -3.81. The molecule has 1 heterocycles. The Morgan fingerprint density at radius 2 is 1.97 bits per heavy atom. The Morgan fingerprint density at radius 1 is 1.25 bits per heavy atom. The van der Waals surface area contributed by atoms with Gasteiger partial charge in [0.15, 0.2) is 12.4 Å². The van der Waals surface area contributed by atoms with E-state index in [9.17, 15) is 18.0 Å². The number of ether oxygens (including phenoxy) is 2. The van der Waals surface area contributed by atoms with Crippen molar-refractivity contribution < 1.29 is 27.5 Å². The molecule has 170 valence electrons. The molecule has 7 nitrogen and oxygen atoms in total. The highest BCUT2D eigenvalue weighted by Crippen LogP contribution is 2.39. The van der Waals surface area contributed by atoms with Crippen molar-refractivity contribution in [1.82, 2.24) is 4.31 Å². The molecule has 1 unspecified atom stereocenters. The summed E-state index contributed by atoms with van der Waals surface area (Å²) in [6, 6.07) is 10.3. The molecule has 0 N–H and O–H groups in total. The lowest BCUT2D eigenvalue weighted by Gasteiger charge is -2.32. The number of hydrogen-bond acceptors (Lipinski definition) is 6. The Bertz CT molecular complexity index is 1200. The third-order valence-electron chi connectivity index (χ3n) is 5.87. The van der Waals surface area contributed by atoms with Crippen LogP contribution in [0.15, 0.2) is 36.4 Å². The topological polar surface area (TPSA) is 90.0 Å². The summed E-state index contributed by atoms with van der Waals surface area (Å²) in [5.41, 5.74) is 2.48. The first-order valence-corrected chi connectivity index (χ1v) is 12.4. The molecule has 0 spiro atoms. The van der Waals surface area contributed by atoms with E-state index in [0.717, 1.165) is 21.7 Å². The van der Waals surface area contributed by atoms with Crippen LogP contribution in [0, 0.1) is 6.92 Å². The van der Waals surface area contributed by atoms with Gasteiger partial charge in [0.25, 0.3) is 5.91 Å². The molecule has 0 bridgehead atoms. The number of rotatable bonds is 5. The summed E-state index contributed by atoms with van der Waals surface area (Å²) in [7, 11) is -3.81. The first-order valence-electron chi connectivity index (χ1n) is 10.6. The summed E-state index contributed by atoms with van der Waals surface area (Å²) < 4.78 is 37.6. The maximum atomic E-state index is 13.0. The van der Waals surface area contributed by atoms with Gasteiger partial charge in [0.05, 0.1) is 24.3 Å². The number of ketones is 1. The van der Waals surface area contributed by atoms with Crippen LogP contribution in [0.4, 0.5) is 0 Å². The van der Waals surface area contributed by atoms with Crippen molar-refractivity contribution in [2.75, 3.05) is 12.9 Å². The van der Waals surface area contributed by atoms with E-state index in [4.69, 9.17) is 9.47 Å². The summed E-state index contributed by atoms with van der Waals surface area (Å²) in [5, 5.41) is 0. The summed E-state index contributed by atoms with van der Waals surface area (Å²) in [5.74, 6) is 0.125. The lowest BCUT2D eigenvalue weighted by Crippen LogP contribution is -2.41. The SMILES string of the molecule is Cc1cc(OCC(=O)N(C2CCc3ccccc32)S(C)(=O)=O)cc2c1C(=O)CC(C)(C)O2. The van der Waals surface area contributed by atoms with Gasteiger partial charge in [-0.25, -0.2) is 12.7 Å². The van der Waals surface area contributed by atoms with Crippen molar-refractivity contribution in [3.63, 3.8) is 0 Å². The molecule has 0 fully saturated rings. The van der Waals surface area contributed by atoms with Crippen LogP contribution in [0.25, 0.3) is 0 Å². The van der Waals surface area contributed by atoms with Gasteiger partial charge in [0.2, 0.25) is 10.0 Å². The number of Topliss-reactive ketones (excluding diaryl/α,β-unsaturated/α-hetero) is 1. The number of aryl methyl sites for hydroxylation is 2. The highest BCUT2D eigenvalue weighted by Gasteiger charge is 2.37. The van der Waals surface area contributed by atoms with Gasteiger partial charge in [-0.05, 0) is 56.4 Å². The zero-order valence-electron chi connectivity index (χ0n) is 18.7. The minimum Gasteiger partial charge on any atom is -0.486 e. The number of carbonyl (C=O) groups is 2. The molecular weight excluding hydrogens is 430 g/mol. The summed E-state index contributed by atoms with van der Waals surface area (Å²) in [6.45, 7) is 5.01. The quantitative estimate of drug-likeness (QED) is 0.682. The van der Waals surface area contributed by atoms with E-state index >= 15 is 0 Å². The van der Waals surface area contributed by atoms with Crippen LogP contribution in [0.3, 0.4) is 0 Å². The van der Waals surface area contributed by atoms with Gasteiger partial charge in [0.1, 0.15) is 17.1 Å². The molecule has 2 aliphatic rings. The third-order valence-corrected chi connectivity index (χ3v) is 7.05. The second-order valence-corrected chi connectivity index (χ2v) is 10.9. The molecule has 1 atom stereocenters. The van der Waals surface area contributed by atoms with Gasteiger partial charge in [-0.3, -0.25) is 9.59 Å². The number of sulfonamides is 1. The molecule has 32 heavy (non-hydrogen) atoms. The highest BCUT2D eigenvalue weighted by atomic mass is 32.2. The summed E-state index contributed by atoms with van der Waals surface area (Å²) in [4.78, 5) is 25.5. The first kappa shape index (κ1) is 22.3. The van der Waals surface area contributed by atoms with Crippen LogP contribution >= 0.6 is 0 Å². The van der Waals surface area contributed by atoms with Crippen molar-refractivity contribution >= 4 is 21.7 Å². The second-order valence-electron chi connectivity index (χ2n) is 9.07. The van der Waals surface area contributed by atoms with Crippen molar-refractivity contribution in [3.8, 4) is 11.5 Å². The van der Waals surface area contributed by atoms with E-state index in [0.29, 0.717) is 35.5 Å².